The fraction of sp³-hybridized carbons (Fsp3) is 0.571. The average molecular weight is 341 g/mol. The number of nitrogens with zero attached hydrogens (tertiary/aromatic N) is 4. The molecular formula is C14H21BrN4O. The van der Waals surface area contributed by atoms with E-state index in [1.165, 1.54) is 0 Å². The molecule has 110 valence electrons. The van der Waals surface area contributed by atoms with Crippen molar-refractivity contribution in [2.24, 2.45) is 0 Å². The van der Waals surface area contributed by atoms with Crippen LogP contribution in [0.4, 0.5) is 0 Å². The van der Waals surface area contributed by atoms with Crippen LogP contribution in [0.25, 0.3) is 0 Å². The van der Waals surface area contributed by atoms with Crippen LogP contribution in [-0.2, 0) is 6.54 Å². The first-order valence-electron chi connectivity index (χ1n) is 7.01. The van der Waals surface area contributed by atoms with Gasteiger partial charge in [-0.2, -0.15) is 5.10 Å². The zero-order chi connectivity index (χ0) is 14.5. The highest BCUT2D eigenvalue weighted by molar-refractivity contribution is 9.10. The monoisotopic (exact) mass is 340 g/mol. The summed E-state index contributed by atoms with van der Waals surface area (Å²) in [5, 5.41) is 4.22. The van der Waals surface area contributed by atoms with E-state index in [9.17, 15) is 4.79 Å². The first-order valence-corrected chi connectivity index (χ1v) is 7.80. The molecule has 6 heteroatoms. The van der Waals surface area contributed by atoms with Crippen LogP contribution in [0.3, 0.4) is 0 Å². The van der Waals surface area contributed by atoms with Crippen LogP contribution in [0.2, 0.25) is 0 Å². The molecule has 1 aliphatic rings. The molecule has 2 rings (SSSR count). The van der Waals surface area contributed by atoms with Gasteiger partial charge < -0.3 is 4.90 Å². The predicted molar refractivity (Wildman–Crippen MR) is 82.8 cm³/mol. The maximum atomic E-state index is 12.7. The van der Waals surface area contributed by atoms with E-state index in [1.807, 2.05) is 17.9 Å². The predicted octanol–water partition coefficient (Wildman–Crippen LogP) is 2.00. The molecule has 0 atom stereocenters. The zero-order valence-electron chi connectivity index (χ0n) is 11.9. The van der Waals surface area contributed by atoms with E-state index in [0.29, 0.717) is 12.2 Å². The summed E-state index contributed by atoms with van der Waals surface area (Å²) in [4.78, 5) is 16.9. The number of hydrogen-bond donors (Lipinski definition) is 0. The van der Waals surface area contributed by atoms with Crippen molar-refractivity contribution in [2.75, 3.05) is 32.7 Å². The minimum absolute atomic E-state index is 0.0664. The Morgan fingerprint density at radius 2 is 2.25 bits per heavy atom. The van der Waals surface area contributed by atoms with Gasteiger partial charge in [0, 0.05) is 39.3 Å². The summed E-state index contributed by atoms with van der Waals surface area (Å²) in [6, 6.07) is 0. The highest BCUT2D eigenvalue weighted by Gasteiger charge is 2.24. The molecule has 1 aliphatic heterocycles. The second kappa shape index (κ2) is 7.04. The Labute approximate surface area is 128 Å². The summed E-state index contributed by atoms with van der Waals surface area (Å²) in [5.41, 5.74) is 0.657. The van der Waals surface area contributed by atoms with E-state index < -0.39 is 0 Å². The molecule has 0 aliphatic carbocycles. The molecule has 1 amide bonds. The van der Waals surface area contributed by atoms with Crippen molar-refractivity contribution in [1.82, 2.24) is 19.6 Å². The molecule has 1 saturated heterocycles. The molecule has 0 saturated carbocycles. The molecule has 0 N–H and O–H groups in total. The third-order valence-corrected chi connectivity index (χ3v) is 4.14. The van der Waals surface area contributed by atoms with Gasteiger partial charge in [-0.3, -0.25) is 14.4 Å². The van der Waals surface area contributed by atoms with Crippen LogP contribution < -0.4 is 0 Å². The second-order valence-corrected chi connectivity index (χ2v) is 5.75. The first kappa shape index (κ1) is 15.3. The van der Waals surface area contributed by atoms with Crippen molar-refractivity contribution in [3.05, 3.63) is 29.0 Å². The van der Waals surface area contributed by atoms with Gasteiger partial charge in [-0.1, -0.05) is 6.08 Å². The number of aryl methyl sites for hydroxylation is 1. The van der Waals surface area contributed by atoms with E-state index in [1.54, 1.807) is 10.9 Å². The van der Waals surface area contributed by atoms with Crippen LogP contribution in [0, 0.1) is 0 Å². The van der Waals surface area contributed by atoms with Gasteiger partial charge in [-0.25, -0.2) is 0 Å². The molecule has 1 aromatic rings. The van der Waals surface area contributed by atoms with Gasteiger partial charge in [-0.05, 0) is 29.3 Å². The van der Waals surface area contributed by atoms with Gasteiger partial charge in [-0.15, -0.1) is 6.58 Å². The highest BCUT2D eigenvalue weighted by atomic mass is 79.9. The van der Waals surface area contributed by atoms with Crippen LogP contribution >= 0.6 is 15.9 Å². The Kier molecular flexibility index (Phi) is 5.37. The molecule has 0 unspecified atom stereocenters. The highest BCUT2D eigenvalue weighted by Crippen LogP contribution is 2.19. The van der Waals surface area contributed by atoms with Gasteiger partial charge in [0.25, 0.3) is 5.91 Å². The molecule has 5 nitrogen and oxygen atoms in total. The van der Waals surface area contributed by atoms with E-state index in [4.69, 9.17) is 0 Å². The first-order chi connectivity index (χ1) is 9.67. The van der Waals surface area contributed by atoms with E-state index >= 15 is 0 Å². The summed E-state index contributed by atoms with van der Waals surface area (Å²) in [6.45, 7) is 10.8. The van der Waals surface area contributed by atoms with Crippen molar-refractivity contribution in [3.63, 3.8) is 0 Å². The average Bonchev–Trinajstić information content (AvgIpc) is 2.67. The lowest BCUT2D eigenvalue weighted by Crippen LogP contribution is -2.36. The summed E-state index contributed by atoms with van der Waals surface area (Å²) in [6.07, 6.45) is 4.61. The zero-order valence-corrected chi connectivity index (χ0v) is 13.5. The van der Waals surface area contributed by atoms with Gasteiger partial charge >= 0.3 is 0 Å². The van der Waals surface area contributed by atoms with Crippen LogP contribution in [0.5, 0.6) is 0 Å². The normalized spacial score (nSPS) is 17.0. The van der Waals surface area contributed by atoms with Crippen molar-refractivity contribution in [2.45, 2.75) is 19.9 Å². The Hall–Kier alpha value is -1.14. The molecule has 0 radical (unpaired) electrons. The van der Waals surface area contributed by atoms with Gasteiger partial charge in [0.1, 0.15) is 5.69 Å². The molecule has 1 aromatic heterocycles. The fourth-order valence-electron chi connectivity index (χ4n) is 2.50. The Bertz CT molecular complexity index is 486. The number of carbonyl (C=O) groups excluding carboxylic acids is 1. The standard InChI is InChI=1S/C14H21BrN4O/c1-3-6-17-7-5-8-18(10-9-17)14(20)13-12(15)11-16-19(13)4-2/h3,11H,1,4-10H2,2H3. The van der Waals surface area contributed by atoms with E-state index in [-0.39, 0.29) is 5.91 Å². The number of hydrogen-bond acceptors (Lipinski definition) is 3. The SMILES string of the molecule is C=CCN1CCCN(C(=O)c2c(Br)cnn2CC)CC1. The number of rotatable bonds is 4. The molecule has 0 spiro atoms. The summed E-state index contributed by atoms with van der Waals surface area (Å²) in [7, 11) is 0. The minimum Gasteiger partial charge on any atom is -0.336 e. The molecule has 1 fully saturated rings. The lowest BCUT2D eigenvalue weighted by molar-refractivity contribution is 0.0748. The van der Waals surface area contributed by atoms with Crippen LogP contribution in [0.15, 0.2) is 23.3 Å². The van der Waals surface area contributed by atoms with Gasteiger partial charge in [0.15, 0.2) is 0 Å². The fourth-order valence-corrected chi connectivity index (χ4v) is 2.97. The maximum absolute atomic E-state index is 12.7. The molecule has 0 aromatic carbocycles. The Balaban J connectivity index is 2.09. The van der Waals surface area contributed by atoms with Gasteiger partial charge in [0.05, 0.1) is 10.7 Å². The van der Waals surface area contributed by atoms with Gasteiger partial charge in [0.2, 0.25) is 0 Å². The van der Waals surface area contributed by atoms with Crippen molar-refractivity contribution < 1.29 is 4.79 Å². The Morgan fingerprint density at radius 3 is 2.95 bits per heavy atom. The largest absolute Gasteiger partial charge is 0.336 e. The molecular weight excluding hydrogens is 320 g/mol. The summed E-state index contributed by atoms with van der Waals surface area (Å²) in [5.74, 6) is 0.0664. The number of amides is 1. The van der Waals surface area contributed by atoms with Crippen molar-refractivity contribution >= 4 is 21.8 Å². The summed E-state index contributed by atoms with van der Waals surface area (Å²) >= 11 is 3.43. The molecule has 2 heterocycles. The maximum Gasteiger partial charge on any atom is 0.273 e. The number of halogens is 1. The lowest BCUT2D eigenvalue weighted by atomic mass is 10.3. The van der Waals surface area contributed by atoms with E-state index in [2.05, 4.69) is 32.5 Å². The number of carbonyl (C=O) groups is 1. The molecule has 20 heavy (non-hydrogen) atoms. The topological polar surface area (TPSA) is 41.4 Å². The smallest absolute Gasteiger partial charge is 0.273 e. The van der Waals surface area contributed by atoms with Crippen LogP contribution in [-0.4, -0.2) is 58.2 Å². The van der Waals surface area contributed by atoms with Crippen LogP contribution in [0.1, 0.15) is 23.8 Å². The minimum atomic E-state index is 0.0664. The molecule has 0 bridgehead atoms. The second-order valence-electron chi connectivity index (χ2n) is 4.89. The lowest BCUT2D eigenvalue weighted by Gasteiger charge is -2.21. The van der Waals surface area contributed by atoms with Crippen molar-refractivity contribution in [3.8, 4) is 0 Å². The van der Waals surface area contributed by atoms with E-state index in [0.717, 1.165) is 43.6 Å². The number of aromatic nitrogens is 2. The van der Waals surface area contributed by atoms with Crippen molar-refractivity contribution in [1.29, 1.82) is 0 Å². The third kappa shape index (κ3) is 3.30. The third-order valence-electron chi connectivity index (χ3n) is 3.56. The Morgan fingerprint density at radius 1 is 1.45 bits per heavy atom. The quantitative estimate of drug-likeness (QED) is 0.787. The summed E-state index contributed by atoms with van der Waals surface area (Å²) < 4.78 is 2.52.